The molecule has 0 amide bonds. The standard InChI is InChI=1S/C23H28N4O3/c1-14-19(28)20(29)23(30-14)27-12-17(15-8-4-2-5-9-15)18-21(24-13-25-22(18)27)26-16-10-6-3-7-11-16/h2,4-5,8-9,12-14,16,19-20,23,28-29H,3,6-7,10-11H2,1H3,(H,24,25,26)/t14-,19-,20-,23-/m1/s1. The van der Waals surface area contributed by atoms with Crippen LogP contribution >= 0.6 is 0 Å². The van der Waals surface area contributed by atoms with Crippen LogP contribution in [0.1, 0.15) is 45.3 Å². The van der Waals surface area contributed by atoms with E-state index >= 15 is 0 Å². The number of ether oxygens (including phenoxy) is 1. The van der Waals surface area contributed by atoms with Crippen LogP contribution in [0.3, 0.4) is 0 Å². The maximum absolute atomic E-state index is 10.6. The summed E-state index contributed by atoms with van der Waals surface area (Å²) in [4.78, 5) is 9.14. The van der Waals surface area contributed by atoms with E-state index in [-0.39, 0.29) is 0 Å². The molecule has 1 aromatic carbocycles. The molecule has 1 aliphatic carbocycles. The Hall–Kier alpha value is -2.48. The van der Waals surface area contributed by atoms with E-state index in [9.17, 15) is 10.2 Å². The van der Waals surface area contributed by atoms with E-state index in [1.807, 2.05) is 29.0 Å². The van der Waals surface area contributed by atoms with Crippen LogP contribution < -0.4 is 5.32 Å². The van der Waals surface area contributed by atoms with Crippen molar-refractivity contribution in [2.45, 2.75) is 69.6 Å². The zero-order valence-corrected chi connectivity index (χ0v) is 17.1. The van der Waals surface area contributed by atoms with Crippen molar-refractivity contribution in [1.82, 2.24) is 14.5 Å². The quantitative estimate of drug-likeness (QED) is 0.612. The van der Waals surface area contributed by atoms with E-state index < -0.39 is 24.5 Å². The van der Waals surface area contributed by atoms with Crippen molar-refractivity contribution in [3.63, 3.8) is 0 Å². The SMILES string of the molecule is C[C@H]1O[C@@H](n2cc(-c3ccccc3)c3c(NC4CCCCC4)ncnc32)[C@H](O)[C@@H]1O. The number of hydrogen-bond acceptors (Lipinski definition) is 6. The van der Waals surface area contributed by atoms with E-state index in [4.69, 9.17) is 4.74 Å². The highest BCUT2D eigenvalue weighted by molar-refractivity contribution is 6.01. The second kappa shape index (κ2) is 7.98. The maximum Gasteiger partial charge on any atom is 0.164 e. The van der Waals surface area contributed by atoms with Crippen LogP contribution in [-0.4, -0.2) is 49.1 Å². The van der Waals surface area contributed by atoms with Gasteiger partial charge in [0.25, 0.3) is 0 Å². The van der Waals surface area contributed by atoms with Gasteiger partial charge >= 0.3 is 0 Å². The van der Waals surface area contributed by atoms with E-state index in [1.54, 1.807) is 13.3 Å². The highest BCUT2D eigenvalue weighted by Gasteiger charge is 2.42. The smallest absolute Gasteiger partial charge is 0.164 e. The molecule has 2 aromatic heterocycles. The predicted octanol–water partition coefficient (Wildman–Crippen LogP) is 3.48. The summed E-state index contributed by atoms with van der Waals surface area (Å²) in [7, 11) is 0. The summed E-state index contributed by atoms with van der Waals surface area (Å²) in [6.45, 7) is 1.77. The van der Waals surface area contributed by atoms with Gasteiger partial charge in [0.1, 0.15) is 30.0 Å². The Bertz CT molecular complexity index is 1020. The molecule has 1 saturated carbocycles. The second-order valence-electron chi connectivity index (χ2n) is 8.43. The topological polar surface area (TPSA) is 92.4 Å². The largest absolute Gasteiger partial charge is 0.388 e. The molecule has 2 aliphatic rings. The van der Waals surface area contributed by atoms with Gasteiger partial charge < -0.3 is 24.8 Å². The minimum Gasteiger partial charge on any atom is -0.388 e. The molecule has 7 nitrogen and oxygen atoms in total. The molecule has 4 atom stereocenters. The summed E-state index contributed by atoms with van der Waals surface area (Å²) in [6, 6.07) is 10.5. The lowest BCUT2D eigenvalue weighted by Gasteiger charge is -2.23. The van der Waals surface area contributed by atoms with Crippen molar-refractivity contribution in [1.29, 1.82) is 0 Å². The summed E-state index contributed by atoms with van der Waals surface area (Å²) in [5.41, 5.74) is 2.71. The van der Waals surface area contributed by atoms with Crippen LogP contribution in [0.4, 0.5) is 5.82 Å². The Morgan fingerprint density at radius 3 is 2.50 bits per heavy atom. The van der Waals surface area contributed by atoms with E-state index in [0.29, 0.717) is 11.7 Å². The van der Waals surface area contributed by atoms with Gasteiger partial charge in [-0.15, -0.1) is 0 Å². The summed E-state index contributed by atoms with van der Waals surface area (Å²) in [5.74, 6) is 0.811. The maximum atomic E-state index is 10.6. The fourth-order valence-corrected chi connectivity index (χ4v) is 4.72. The zero-order chi connectivity index (χ0) is 20.7. The summed E-state index contributed by atoms with van der Waals surface area (Å²) in [6.07, 6.45) is 6.43. The minimum atomic E-state index is -1.02. The molecule has 0 spiro atoms. The Balaban J connectivity index is 1.64. The number of nitrogens with zero attached hydrogens (tertiary/aromatic N) is 3. The van der Waals surface area contributed by atoms with E-state index in [0.717, 1.165) is 35.2 Å². The monoisotopic (exact) mass is 408 g/mol. The van der Waals surface area contributed by atoms with Crippen LogP contribution in [0.5, 0.6) is 0 Å². The molecule has 0 bridgehead atoms. The van der Waals surface area contributed by atoms with Gasteiger partial charge in [0.05, 0.1) is 11.5 Å². The molecule has 1 saturated heterocycles. The van der Waals surface area contributed by atoms with Crippen molar-refractivity contribution in [2.24, 2.45) is 0 Å². The van der Waals surface area contributed by atoms with E-state index in [1.165, 1.54) is 19.3 Å². The lowest BCUT2D eigenvalue weighted by atomic mass is 9.95. The first-order valence-corrected chi connectivity index (χ1v) is 10.8. The normalized spacial score (nSPS) is 27.6. The number of anilines is 1. The summed E-state index contributed by atoms with van der Waals surface area (Å²) in [5, 5.41) is 25.4. The molecule has 5 rings (SSSR count). The number of aliphatic hydroxyl groups excluding tert-OH is 2. The third-order valence-electron chi connectivity index (χ3n) is 6.39. The predicted molar refractivity (Wildman–Crippen MR) is 115 cm³/mol. The Kier molecular flexibility index (Phi) is 5.18. The lowest BCUT2D eigenvalue weighted by molar-refractivity contribution is -0.0295. The first-order chi connectivity index (χ1) is 14.6. The second-order valence-corrected chi connectivity index (χ2v) is 8.43. The molecule has 0 unspecified atom stereocenters. The fraction of sp³-hybridized carbons (Fsp3) is 0.478. The van der Waals surface area contributed by atoms with Crippen molar-refractivity contribution in [3.8, 4) is 11.1 Å². The Morgan fingerprint density at radius 1 is 1.03 bits per heavy atom. The average molecular weight is 409 g/mol. The summed E-state index contributed by atoms with van der Waals surface area (Å²) >= 11 is 0. The number of rotatable bonds is 4. The molecule has 2 fully saturated rings. The molecule has 1 aliphatic heterocycles. The van der Waals surface area contributed by atoms with Gasteiger partial charge in [-0.05, 0) is 25.3 Å². The number of aromatic nitrogens is 3. The number of aliphatic hydroxyl groups is 2. The minimum absolute atomic E-state index is 0.402. The molecule has 30 heavy (non-hydrogen) atoms. The zero-order valence-electron chi connectivity index (χ0n) is 17.1. The fourth-order valence-electron chi connectivity index (χ4n) is 4.72. The molecule has 0 radical (unpaired) electrons. The molecule has 7 heteroatoms. The Morgan fingerprint density at radius 2 is 1.80 bits per heavy atom. The van der Waals surface area contributed by atoms with Crippen LogP contribution in [-0.2, 0) is 4.74 Å². The molecular formula is C23H28N4O3. The lowest BCUT2D eigenvalue weighted by Crippen LogP contribution is -2.30. The van der Waals surface area contributed by atoms with Crippen LogP contribution in [0, 0.1) is 0 Å². The van der Waals surface area contributed by atoms with Gasteiger partial charge in [-0.3, -0.25) is 0 Å². The summed E-state index contributed by atoms with van der Waals surface area (Å²) < 4.78 is 7.74. The Labute approximate surface area is 175 Å². The highest BCUT2D eigenvalue weighted by atomic mass is 16.6. The number of benzene rings is 1. The van der Waals surface area contributed by atoms with Gasteiger partial charge in [0, 0.05) is 17.8 Å². The van der Waals surface area contributed by atoms with Gasteiger partial charge in [0.15, 0.2) is 6.23 Å². The van der Waals surface area contributed by atoms with E-state index in [2.05, 4.69) is 27.4 Å². The van der Waals surface area contributed by atoms with Crippen molar-refractivity contribution < 1.29 is 14.9 Å². The number of hydrogen-bond donors (Lipinski definition) is 3. The third-order valence-corrected chi connectivity index (χ3v) is 6.39. The van der Waals surface area contributed by atoms with Gasteiger partial charge in [-0.2, -0.15) is 0 Å². The first-order valence-electron chi connectivity index (χ1n) is 10.8. The highest BCUT2D eigenvalue weighted by Crippen LogP contribution is 2.39. The van der Waals surface area contributed by atoms with Gasteiger partial charge in [0.2, 0.25) is 0 Å². The van der Waals surface area contributed by atoms with Crippen LogP contribution in [0.25, 0.3) is 22.2 Å². The van der Waals surface area contributed by atoms with Gasteiger partial charge in [-0.1, -0.05) is 49.6 Å². The molecule has 3 N–H and O–H groups in total. The molecular weight excluding hydrogens is 380 g/mol. The number of nitrogens with one attached hydrogen (secondary N) is 1. The first kappa shape index (κ1) is 19.5. The average Bonchev–Trinajstić information content (AvgIpc) is 3.29. The molecule has 158 valence electrons. The van der Waals surface area contributed by atoms with Crippen molar-refractivity contribution in [2.75, 3.05) is 5.32 Å². The third kappa shape index (κ3) is 3.37. The number of fused-ring (bicyclic) bond motifs is 1. The van der Waals surface area contributed by atoms with Crippen molar-refractivity contribution >= 4 is 16.9 Å². The van der Waals surface area contributed by atoms with Crippen LogP contribution in [0.15, 0.2) is 42.9 Å². The van der Waals surface area contributed by atoms with Gasteiger partial charge in [-0.25, -0.2) is 9.97 Å². The molecule has 3 aromatic rings. The van der Waals surface area contributed by atoms with Crippen molar-refractivity contribution in [3.05, 3.63) is 42.9 Å². The van der Waals surface area contributed by atoms with Crippen LogP contribution in [0.2, 0.25) is 0 Å². The molecule has 3 heterocycles.